The third kappa shape index (κ3) is 3.65. The van der Waals surface area contributed by atoms with Gasteiger partial charge in [0.1, 0.15) is 0 Å². The van der Waals surface area contributed by atoms with Gasteiger partial charge in [0, 0.05) is 52.7 Å². The fourth-order valence-corrected chi connectivity index (χ4v) is 3.37. The molecule has 0 bridgehead atoms. The number of aromatic nitrogens is 2. The number of rotatable bonds is 5. The van der Waals surface area contributed by atoms with Gasteiger partial charge in [-0.2, -0.15) is 5.10 Å². The molecule has 0 saturated carbocycles. The molecule has 1 unspecified atom stereocenters. The number of aryl methyl sites for hydroxylation is 1. The van der Waals surface area contributed by atoms with E-state index in [1.807, 2.05) is 19.4 Å². The van der Waals surface area contributed by atoms with Crippen molar-refractivity contribution in [3.05, 3.63) is 38.8 Å². The maximum Gasteiger partial charge on any atom is 0.0537 e. The molecule has 0 aromatic carbocycles. The maximum absolute atomic E-state index is 6.17. The minimum absolute atomic E-state index is 0.00658. The number of hydrogen-bond donors (Lipinski definition) is 1. The molecule has 0 amide bonds. The van der Waals surface area contributed by atoms with Crippen molar-refractivity contribution in [2.45, 2.75) is 12.6 Å². The summed E-state index contributed by atoms with van der Waals surface area (Å²) in [6.45, 7) is 1.74. The first-order chi connectivity index (χ1) is 8.54. The Morgan fingerprint density at radius 3 is 2.94 bits per heavy atom. The van der Waals surface area contributed by atoms with E-state index in [2.05, 4.69) is 44.4 Å². The average Bonchev–Trinajstić information content (AvgIpc) is 2.87. The van der Waals surface area contributed by atoms with Crippen molar-refractivity contribution >= 4 is 27.3 Å². The molecule has 2 rings (SSSR count). The van der Waals surface area contributed by atoms with Crippen molar-refractivity contribution in [3.63, 3.8) is 0 Å². The van der Waals surface area contributed by atoms with Crippen LogP contribution in [0.1, 0.15) is 16.5 Å². The molecule has 6 heteroatoms. The Labute approximate surface area is 120 Å². The van der Waals surface area contributed by atoms with Gasteiger partial charge in [0.25, 0.3) is 0 Å². The lowest BCUT2D eigenvalue weighted by Gasteiger charge is -2.19. The largest absolute Gasteiger partial charge is 0.323 e. The highest BCUT2D eigenvalue weighted by atomic mass is 79.9. The Morgan fingerprint density at radius 2 is 2.39 bits per heavy atom. The zero-order chi connectivity index (χ0) is 13.1. The first-order valence-electron chi connectivity index (χ1n) is 5.70. The van der Waals surface area contributed by atoms with Crippen LogP contribution in [0.2, 0.25) is 0 Å². The molecule has 98 valence electrons. The van der Waals surface area contributed by atoms with E-state index in [4.69, 9.17) is 5.73 Å². The first kappa shape index (κ1) is 13.7. The zero-order valence-corrected chi connectivity index (χ0v) is 12.9. The average molecular weight is 329 g/mol. The van der Waals surface area contributed by atoms with Gasteiger partial charge in [0.15, 0.2) is 0 Å². The number of nitrogens with zero attached hydrogens (tertiary/aromatic N) is 3. The van der Waals surface area contributed by atoms with E-state index < -0.39 is 0 Å². The zero-order valence-electron chi connectivity index (χ0n) is 10.5. The summed E-state index contributed by atoms with van der Waals surface area (Å²) >= 11 is 5.23. The van der Waals surface area contributed by atoms with Crippen molar-refractivity contribution < 1.29 is 0 Å². The van der Waals surface area contributed by atoms with Crippen molar-refractivity contribution in [3.8, 4) is 0 Å². The van der Waals surface area contributed by atoms with Crippen LogP contribution in [-0.4, -0.2) is 28.3 Å². The van der Waals surface area contributed by atoms with Gasteiger partial charge in [-0.3, -0.25) is 9.58 Å². The molecular formula is C12H17BrN4S. The summed E-state index contributed by atoms with van der Waals surface area (Å²) in [5.41, 5.74) is 7.25. The van der Waals surface area contributed by atoms with Crippen LogP contribution in [0.3, 0.4) is 0 Å². The van der Waals surface area contributed by atoms with Gasteiger partial charge < -0.3 is 5.73 Å². The van der Waals surface area contributed by atoms with E-state index in [9.17, 15) is 0 Å². The van der Waals surface area contributed by atoms with Gasteiger partial charge in [0.2, 0.25) is 0 Å². The summed E-state index contributed by atoms with van der Waals surface area (Å²) < 4.78 is 2.93. The highest BCUT2D eigenvalue weighted by Crippen LogP contribution is 2.21. The van der Waals surface area contributed by atoms with Crippen molar-refractivity contribution in [1.82, 2.24) is 14.7 Å². The van der Waals surface area contributed by atoms with E-state index in [1.54, 1.807) is 16.0 Å². The van der Waals surface area contributed by atoms with E-state index in [0.29, 0.717) is 0 Å². The predicted molar refractivity (Wildman–Crippen MR) is 78.5 cm³/mol. The highest BCUT2D eigenvalue weighted by molar-refractivity contribution is 9.10. The Kier molecular flexibility index (Phi) is 4.55. The fraction of sp³-hybridized carbons (Fsp3) is 0.417. The molecule has 0 aliphatic rings. The molecular weight excluding hydrogens is 312 g/mol. The Hall–Kier alpha value is -0.690. The van der Waals surface area contributed by atoms with Crippen LogP contribution >= 0.6 is 27.3 Å². The van der Waals surface area contributed by atoms with Crippen molar-refractivity contribution in [1.29, 1.82) is 0 Å². The summed E-state index contributed by atoms with van der Waals surface area (Å²) in [6.07, 6.45) is 3.81. The smallest absolute Gasteiger partial charge is 0.0537 e. The SMILES string of the molecule is CN(Cc1cc(Br)cs1)CC(N)c1cnn(C)c1. The van der Waals surface area contributed by atoms with Gasteiger partial charge >= 0.3 is 0 Å². The fourth-order valence-electron chi connectivity index (χ4n) is 1.84. The van der Waals surface area contributed by atoms with E-state index >= 15 is 0 Å². The molecule has 0 aliphatic carbocycles. The number of nitrogens with two attached hydrogens (primary N) is 1. The molecule has 2 N–H and O–H groups in total. The van der Waals surface area contributed by atoms with E-state index in [1.165, 1.54) is 4.88 Å². The molecule has 2 aromatic rings. The van der Waals surface area contributed by atoms with Crippen LogP contribution in [-0.2, 0) is 13.6 Å². The maximum atomic E-state index is 6.17. The summed E-state index contributed by atoms with van der Waals surface area (Å²) in [5, 5.41) is 6.25. The molecule has 1 atom stereocenters. The van der Waals surface area contributed by atoms with Crippen LogP contribution in [0.25, 0.3) is 0 Å². The Morgan fingerprint density at radius 1 is 1.61 bits per heavy atom. The second-order valence-corrected chi connectivity index (χ2v) is 6.39. The summed E-state index contributed by atoms with van der Waals surface area (Å²) in [6, 6.07) is 2.16. The van der Waals surface area contributed by atoms with Crippen LogP contribution in [0.15, 0.2) is 28.3 Å². The highest BCUT2D eigenvalue weighted by Gasteiger charge is 2.11. The Bertz CT molecular complexity index is 508. The minimum atomic E-state index is 0.00658. The third-order valence-corrected chi connectivity index (χ3v) is 4.39. The number of likely N-dealkylation sites (N-methyl/N-ethyl adjacent to an activating group) is 1. The molecule has 4 nitrogen and oxygen atoms in total. The number of halogens is 1. The molecule has 18 heavy (non-hydrogen) atoms. The molecule has 2 heterocycles. The summed E-state index contributed by atoms with van der Waals surface area (Å²) in [5.74, 6) is 0. The second kappa shape index (κ2) is 5.97. The normalized spacial score (nSPS) is 13.2. The summed E-state index contributed by atoms with van der Waals surface area (Å²) in [7, 11) is 3.99. The van der Waals surface area contributed by atoms with Gasteiger partial charge in [-0.25, -0.2) is 0 Å². The molecule has 0 spiro atoms. The molecule has 0 fully saturated rings. The van der Waals surface area contributed by atoms with E-state index in [-0.39, 0.29) is 6.04 Å². The van der Waals surface area contributed by atoms with E-state index in [0.717, 1.165) is 23.1 Å². The molecule has 2 aromatic heterocycles. The monoisotopic (exact) mass is 328 g/mol. The topological polar surface area (TPSA) is 47.1 Å². The lowest BCUT2D eigenvalue weighted by atomic mass is 10.1. The number of thiophene rings is 1. The quantitative estimate of drug-likeness (QED) is 0.916. The minimum Gasteiger partial charge on any atom is -0.323 e. The number of hydrogen-bond acceptors (Lipinski definition) is 4. The van der Waals surface area contributed by atoms with Crippen molar-refractivity contribution in [2.75, 3.05) is 13.6 Å². The first-order valence-corrected chi connectivity index (χ1v) is 7.37. The molecule has 0 saturated heterocycles. The van der Waals surface area contributed by atoms with Gasteiger partial charge in [-0.15, -0.1) is 11.3 Å². The van der Waals surface area contributed by atoms with Gasteiger partial charge in [0.05, 0.1) is 6.20 Å². The summed E-state index contributed by atoms with van der Waals surface area (Å²) in [4.78, 5) is 3.57. The van der Waals surface area contributed by atoms with Crippen LogP contribution < -0.4 is 5.73 Å². The standard InChI is InChI=1S/C12H17BrN4S/c1-16(6-11-3-10(13)8-18-11)7-12(14)9-4-15-17(2)5-9/h3-5,8,12H,6-7,14H2,1-2H3. The second-order valence-electron chi connectivity index (χ2n) is 4.48. The van der Waals surface area contributed by atoms with Crippen molar-refractivity contribution in [2.24, 2.45) is 12.8 Å². The van der Waals surface area contributed by atoms with Gasteiger partial charge in [-0.1, -0.05) is 0 Å². The molecule has 0 aliphatic heterocycles. The predicted octanol–water partition coefficient (Wildman–Crippen LogP) is 2.38. The lowest BCUT2D eigenvalue weighted by Crippen LogP contribution is -2.28. The lowest BCUT2D eigenvalue weighted by molar-refractivity contribution is 0.307. The third-order valence-electron chi connectivity index (χ3n) is 2.71. The van der Waals surface area contributed by atoms with Gasteiger partial charge in [-0.05, 0) is 29.0 Å². The Balaban J connectivity index is 1.89. The van der Waals surface area contributed by atoms with Crippen LogP contribution in [0.4, 0.5) is 0 Å². The molecule has 0 radical (unpaired) electrons. The van der Waals surface area contributed by atoms with Crippen LogP contribution in [0.5, 0.6) is 0 Å². The van der Waals surface area contributed by atoms with Crippen LogP contribution in [0, 0.1) is 0 Å².